The van der Waals surface area contributed by atoms with Crippen molar-refractivity contribution in [2.24, 2.45) is 0 Å². The van der Waals surface area contributed by atoms with Gasteiger partial charge in [-0.25, -0.2) is 0 Å². The lowest BCUT2D eigenvalue weighted by Crippen LogP contribution is -2.47. The van der Waals surface area contributed by atoms with Gasteiger partial charge in [0.2, 0.25) is 5.91 Å². The van der Waals surface area contributed by atoms with Crippen molar-refractivity contribution < 1.29 is 14.3 Å². The molecule has 0 spiro atoms. The van der Waals surface area contributed by atoms with Crippen LogP contribution in [0.1, 0.15) is 23.7 Å². The summed E-state index contributed by atoms with van der Waals surface area (Å²) in [6.07, 6.45) is 2.10. The Morgan fingerprint density at radius 3 is 2.96 bits per heavy atom. The first kappa shape index (κ1) is 15.7. The van der Waals surface area contributed by atoms with Crippen molar-refractivity contribution in [3.05, 3.63) is 47.8 Å². The maximum Gasteiger partial charge on any atom is 0.264 e. The highest BCUT2D eigenvalue weighted by atomic mass is 16.5. The van der Waals surface area contributed by atoms with E-state index in [0.717, 1.165) is 17.0 Å². The van der Waals surface area contributed by atoms with Crippen LogP contribution in [0.3, 0.4) is 0 Å². The quantitative estimate of drug-likeness (QED) is 0.901. The number of ether oxygens (including phenoxy) is 1. The molecule has 1 aromatic heterocycles. The average Bonchev–Trinajstić information content (AvgIpc) is 3.27. The van der Waals surface area contributed by atoms with Crippen LogP contribution in [-0.2, 0) is 22.6 Å². The van der Waals surface area contributed by atoms with Crippen LogP contribution in [0.5, 0.6) is 5.75 Å². The fourth-order valence-corrected chi connectivity index (χ4v) is 3.55. The van der Waals surface area contributed by atoms with Crippen LogP contribution in [0.4, 0.5) is 0 Å². The third-order valence-electron chi connectivity index (χ3n) is 4.82. The molecule has 2 atom stereocenters. The summed E-state index contributed by atoms with van der Waals surface area (Å²) in [6, 6.07) is 9.47. The Hall–Kier alpha value is -2.83. The molecular formula is C18H20N4O3. The molecule has 0 radical (unpaired) electrons. The summed E-state index contributed by atoms with van der Waals surface area (Å²) < 4.78 is 7.69. The molecule has 0 saturated carbocycles. The molecule has 0 fully saturated rings. The number of hydrogen-bond donors (Lipinski definition) is 1. The van der Waals surface area contributed by atoms with Gasteiger partial charge in [-0.2, -0.15) is 5.10 Å². The minimum absolute atomic E-state index is 0.0365. The minimum atomic E-state index is -0.493. The average molecular weight is 340 g/mol. The second-order valence-electron chi connectivity index (χ2n) is 6.44. The van der Waals surface area contributed by atoms with E-state index in [1.54, 1.807) is 18.1 Å². The first-order valence-corrected chi connectivity index (χ1v) is 8.42. The molecule has 130 valence electrons. The maximum atomic E-state index is 13.0. The van der Waals surface area contributed by atoms with Crippen molar-refractivity contribution in [1.82, 2.24) is 20.0 Å². The Bertz CT molecular complexity index is 791. The molecule has 0 unspecified atom stereocenters. The number of carbonyl (C=O) groups is 2. The van der Waals surface area contributed by atoms with Gasteiger partial charge in [-0.3, -0.25) is 14.3 Å². The lowest BCUT2D eigenvalue weighted by molar-refractivity contribution is -0.140. The Morgan fingerprint density at radius 2 is 2.16 bits per heavy atom. The molecule has 0 aliphatic carbocycles. The number of amides is 2. The molecule has 3 heterocycles. The van der Waals surface area contributed by atoms with E-state index in [4.69, 9.17) is 4.74 Å². The lowest BCUT2D eigenvalue weighted by Gasteiger charge is -2.34. The van der Waals surface area contributed by atoms with E-state index >= 15 is 0 Å². The Balaban J connectivity index is 1.51. The third kappa shape index (κ3) is 2.86. The molecule has 2 aromatic rings. The molecule has 7 nitrogen and oxygen atoms in total. The summed E-state index contributed by atoms with van der Waals surface area (Å²) in [7, 11) is 1.61. The van der Waals surface area contributed by atoms with Crippen LogP contribution in [0.15, 0.2) is 36.5 Å². The summed E-state index contributed by atoms with van der Waals surface area (Å²) >= 11 is 0. The van der Waals surface area contributed by atoms with E-state index in [2.05, 4.69) is 10.4 Å². The number of fused-ring (bicyclic) bond motifs is 2. The second kappa shape index (κ2) is 6.23. The van der Waals surface area contributed by atoms with Crippen molar-refractivity contribution in [3.63, 3.8) is 0 Å². The molecule has 0 saturated heterocycles. The summed E-state index contributed by atoms with van der Waals surface area (Å²) in [4.78, 5) is 26.6. The zero-order chi connectivity index (χ0) is 17.4. The first-order valence-electron chi connectivity index (χ1n) is 8.42. The van der Waals surface area contributed by atoms with Crippen LogP contribution in [0.2, 0.25) is 0 Å². The molecule has 7 heteroatoms. The molecule has 1 N–H and O–H groups in total. The number of nitrogens with zero attached hydrogens (tertiary/aromatic N) is 3. The predicted molar refractivity (Wildman–Crippen MR) is 89.9 cm³/mol. The standard InChI is InChI=1S/C18H20N4O3/c1-19-17(23)9-14-11-21(10-13-6-7-20-22(13)14)18(24)16-8-12-4-2-3-5-15(12)25-16/h2-7,14,16H,8-11H2,1H3,(H,19,23)/t14-,16+/m0/s1. The largest absolute Gasteiger partial charge is 0.480 e. The Labute approximate surface area is 145 Å². The van der Waals surface area contributed by atoms with Gasteiger partial charge in [0.25, 0.3) is 5.91 Å². The van der Waals surface area contributed by atoms with E-state index in [9.17, 15) is 9.59 Å². The van der Waals surface area contributed by atoms with Crippen molar-refractivity contribution in [3.8, 4) is 5.75 Å². The number of nitrogens with one attached hydrogen (secondary N) is 1. The smallest absolute Gasteiger partial charge is 0.264 e. The van der Waals surface area contributed by atoms with Gasteiger partial charge in [-0.05, 0) is 17.7 Å². The number of hydrogen-bond acceptors (Lipinski definition) is 4. The zero-order valence-electron chi connectivity index (χ0n) is 14.0. The van der Waals surface area contributed by atoms with E-state index < -0.39 is 6.10 Å². The zero-order valence-corrected chi connectivity index (χ0v) is 14.0. The first-order chi connectivity index (χ1) is 12.2. The molecular weight excluding hydrogens is 320 g/mol. The maximum absolute atomic E-state index is 13.0. The lowest BCUT2D eigenvalue weighted by atomic mass is 10.1. The van der Waals surface area contributed by atoms with Crippen molar-refractivity contribution in [1.29, 1.82) is 0 Å². The third-order valence-corrected chi connectivity index (χ3v) is 4.82. The van der Waals surface area contributed by atoms with E-state index in [-0.39, 0.29) is 17.9 Å². The molecule has 1 aromatic carbocycles. The molecule has 0 bridgehead atoms. The molecule has 2 amide bonds. The number of carbonyl (C=O) groups excluding carboxylic acids is 2. The summed E-state index contributed by atoms with van der Waals surface area (Å²) in [6.45, 7) is 0.941. The number of para-hydroxylation sites is 1. The van der Waals surface area contributed by atoms with Crippen molar-refractivity contribution in [2.75, 3.05) is 13.6 Å². The topological polar surface area (TPSA) is 76.5 Å². The van der Waals surface area contributed by atoms with Crippen LogP contribution in [0, 0.1) is 0 Å². The van der Waals surface area contributed by atoms with Gasteiger partial charge in [-0.15, -0.1) is 0 Å². The predicted octanol–water partition coefficient (Wildman–Crippen LogP) is 0.906. The SMILES string of the molecule is CNC(=O)C[C@H]1CN(C(=O)[C@H]2Cc3ccccc3O2)Cc2ccnn21. The van der Waals surface area contributed by atoms with Crippen LogP contribution in [-0.4, -0.2) is 46.2 Å². The highest BCUT2D eigenvalue weighted by molar-refractivity contribution is 5.83. The highest BCUT2D eigenvalue weighted by Gasteiger charge is 2.36. The number of aromatic nitrogens is 2. The van der Waals surface area contributed by atoms with E-state index in [1.165, 1.54) is 0 Å². The van der Waals surface area contributed by atoms with Gasteiger partial charge in [0.15, 0.2) is 6.10 Å². The number of benzene rings is 1. The van der Waals surface area contributed by atoms with Gasteiger partial charge in [0.05, 0.1) is 24.7 Å². The van der Waals surface area contributed by atoms with Crippen molar-refractivity contribution in [2.45, 2.75) is 31.5 Å². The highest BCUT2D eigenvalue weighted by Crippen LogP contribution is 2.30. The van der Waals surface area contributed by atoms with Crippen LogP contribution in [0.25, 0.3) is 0 Å². The Kier molecular flexibility index (Phi) is 3.91. The van der Waals surface area contributed by atoms with Crippen LogP contribution >= 0.6 is 0 Å². The van der Waals surface area contributed by atoms with Crippen molar-refractivity contribution >= 4 is 11.8 Å². The van der Waals surface area contributed by atoms with Gasteiger partial charge < -0.3 is 15.0 Å². The van der Waals surface area contributed by atoms with Gasteiger partial charge in [-0.1, -0.05) is 18.2 Å². The summed E-state index contributed by atoms with van der Waals surface area (Å²) in [5.74, 6) is 0.681. The van der Waals surface area contributed by atoms with Gasteiger partial charge in [0.1, 0.15) is 5.75 Å². The second-order valence-corrected chi connectivity index (χ2v) is 6.44. The summed E-state index contributed by atoms with van der Waals surface area (Å²) in [5.41, 5.74) is 1.99. The van der Waals surface area contributed by atoms with Gasteiger partial charge in [0, 0.05) is 26.2 Å². The van der Waals surface area contributed by atoms with E-state index in [0.29, 0.717) is 25.9 Å². The molecule has 25 heavy (non-hydrogen) atoms. The summed E-state index contributed by atoms with van der Waals surface area (Å²) in [5, 5.41) is 6.95. The minimum Gasteiger partial charge on any atom is -0.480 e. The molecule has 4 rings (SSSR count). The monoisotopic (exact) mass is 340 g/mol. The molecule has 2 aliphatic rings. The van der Waals surface area contributed by atoms with Crippen LogP contribution < -0.4 is 10.1 Å². The number of rotatable bonds is 3. The molecule has 2 aliphatic heterocycles. The normalized spacial score (nSPS) is 21.2. The Morgan fingerprint density at radius 1 is 1.32 bits per heavy atom. The van der Waals surface area contributed by atoms with E-state index in [1.807, 2.05) is 35.0 Å². The fourth-order valence-electron chi connectivity index (χ4n) is 3.55. The van der Waals surface area contributed by atoms with Gasteiger partial charge >= 0.3 is 0 Å². The fraction of sp³-hybridized carbons (Fsp3) is 0.389.